The lowest BCUT2D eigenvalue weighted by Crippen LogP contribution is -2.39. The van der Waals surface area contributed by atoms with Gasteiger partial charge in [-0.3, -0.25) is 4.99 Å². The van der Waals surface area contributed by atoms with Crippen molar-refractivity contribution in [2.24, 2.45) is 10.9 Å². The maximum atomic E-state index is 5.58. The second kappa shape index (κ2) is 12.3. The summed E-state index contributed by atoms with van der Waals surface area (Å²) < 4.78 is 5.58. The molecule has 0 heterocycles. The number of nitrogens with one attached hydrogen (secondary N) is 1. The maximum Gasteiger partial charge on any atom is 0.193 e. The molecule has 0 aliphatic rings. The number of ether oxygens (including phenoxy) is 1. The van der Waals surface area contributed by atoms with Gasteiger partial charge in [-0.15, -0.1) is 0 Å². The van der Waals surface area contributed by atoms with Crippen molar-refractivity contribution in [3.63, 3.8) is 0 Å². The van der Waals surface area contributed by atoms with Gasteiger partial charge in [0.25, 0.3) is 0 Å². The van der Waals surface area contributed by atoms with Gasteiger partial charge in [-0.1, -0.05) is 27.2 Å². The Hall–Kier alpha value is -0.770. The van der Waals surface area contributed by atoms with Crippen molar-refractivity contribution in [2.75, 3.05) is 39.9 Å². The predicted octanol–water partition coefficient (Wildman–Crippen LogP) is 2.75. The van der Waals surface area contributed by atoms with Gasteiger partial charge in [0.05, 0.1) is 13.2 Å². The van der Waals surface area contributed by atoms with E-state index >= 15 is 0 Å². The molecule has 0 aromatic carbocycles. The van der Waals surface area contributed by atoms with Crippen LogP contribution in [0.5, 0.6) is 0 Å². The number of rotatable bonds is 10. The van der Waals surface area contributed by atoms with Crippen LogP contribution < -0.4 is 5.32 Å². The Morgan fingerprint density at radius 2 is 2.00 bits per heavy atom. The summed E-state index contributed by atoms with van der Waals surface area (Å²) in [4.78, 5) is 6.78. The van der Waals surface area contributed by atoms with Crippen LogP contribution in [0.25, 0.3) is 0 Å². The highest BCUT2D eigenvalue weighted by Gasteiger charge is 2.03. The Labute approximate surface area is 119 Å². The zero-order chi connectivity index (χ0) is 14.5. The molecular weight excluding hydrogens is 238 g/mol. The van der Waals surface area contributed by atoms with E-state index in [-0.39, 0.29) is 0 Å². The highest BCUT2D eigenvalue weighted by Crippen LogP contribution is 1.98. The van der Waals surface area contributed by atoms with Crippen molar-refractivity contribution in [1.29, 1.82) is 0 Å². The van der Waals surface area contributed by atoms with Crippen molar-refractivity contribution in [2.45, 2.75) is 47.0 Å². The van der Waals surface area contributed by atoms with Crippen LogP contribution in [0, 0.1) is 5.92 Å². The molecular formula is C15H33N3O. The lowest BCUT2D eigenvalue weighted by Gasteiger charge is -2.21. The zero-order valence-electron chi connectivity index (χ0n) is 13.5. The second-order valence-electron chi connectivity index (χ2n) is 5.31. The monoisotopic (exact) mass is 271 g/mol. The molecule has 0 saturated carbocycles. The highest BCUT2D eigenvalue weighted by atomic mass is 16.5. The molecule has 0 fully saturated rings. The third kappa shape index (κ3) is 10.8. The van der Waals surface area contributed by atoms with E-state index in [2.05, 4.69) is 50.0 Å². The van der Waals surface area contributed by atoms with Gasteiger partial charge >= 0.3 is 0 Å². The van der Waals surface area contributed by atoms with Crippen molar-refractivity contribution in [3.05, 3.63) is 0 Å². The van der Waals surface area contributed by atoms with E-state index in [4.69, 9.17) is 4.74 Å². The summed E-state index contributed by atoms with van der Waals surface area (Å²) in [5.41, 5.74) is 0. The van der Waals surface area contributed by atoms with Crippen LogP contribution in [0.2, 0.25) is 0 Å². The molecule has 19 heavy (non-hydrogen) atoms. The Morgan fingerprint density at radius 1 is 1.26 bits per heavy atom. The molecule has 0 bridgehead atoms. The fourth-order valence-corrected chi connectivity index (χ4v) is 1.61. The molecule has 114 valence electrons. The summed E-state index contributed by atoms with van der Waals surface area (Å²) >= 11 is 0. The lowest BCUT2D eigenvalue weighted by atomic mass is 10.1. The van der Waals surface area contributed by atoms with Crippen molar-refractivity contribution < 1.29 is 4.74 Å². The molecule has 0 spiro atoms. The maximum absolute atomic E-state index is 5.58. The first-order chi connectivity index (χ1) is 9.11. The number of aliphatic imine (C=N–C) groups is 1. The van der Waals surface area contributed by atoms with Crippen molar-refractivity contribution in [1.82, 2.24) is 10.2 Å². The second-order valence-corrected chi connectivity index (χ2v) is 5.31. The minimum atomic E-state index is 0.709. The molecule has 0 aliphatic heterocycles. The van der Waals surface area contributed by atoms with Crippen LogP contribution in [-0.2, 0) is 4.74 Å². The molecule has 0 unspecified atom stereocenters. The minimum absolute atomic E-state index is 0.709. The third-order valence-corrected chi connectivity index (χ3v) is 2.88. The van der Waals surface area contributed by atoms with Gasteiger partial charge in [0, 0.05) is 26.7 Å². The number of unbranched alkanes of at least 4 members (excludes halogenated alkanes) is 1. The summed E-state index contributed by atoms with van der Waals surface area (Å²) in [6.07, 6.45) is 3.54. The van der Waals surface area contributed by atoms with Crippen LogP contribution in [-0.4, -0.2) is 50.8 Å². The molecule has 0 aromatic rings. The molecule has 0 saturated heterocycles. The Morgan fingerprint density at radius 3 is 2.58 bits per heavy atom. The van der Waals surface area contributed by atoms with Gasteiger partial charge in [-0.05, 0) is 25.7 Å². The van der Waals surface area contributed by atoms with Gasteiger partial charge in [-0.25, -0.2) is 0 Å². The van der Waals surface area contributed by atoms with Gasteiger partial charge in [0.2, 0.25) is 0 Å². The zero-order valence-corrected chi connectivity index (χ0v) is 13.5. The van der Waals surface area contributed by atoms with Crippen LogP contribution in [0.15, 0.2) is 4.99 Å². The van der Waals surface area contributed by atoms with Gasteiger partial charge in [0.1, 0.15) is 0 Å². The summed E-state index contributed by atoms with van der Waals surface area (Å²) in [7, 11) is 2.09. The first kappa shape index (κ1) is 18.2. The van der Waals surface area contributed by atoms with E-state index < -0.39 is 0 Å². The van der Waals surface area contributed by atoms with E-state index in [1.165, 1.54) is 12.8 Å². The Bertz CT molecular complexity index is 229. The molecule has 0 amide bonds. The van der Waals surface area contributed by atoms with Gasteiger partial charge in [0.15, 0.2) is 5.96 Å². The Balaban J connectivity index is 3.91. The number of hydrogen-bond acceptors (Lipinski definition) is 2. The smallest absolute Gasteiger partial charge is 0.193 e. The molecule has 4 nitrogen and oxygen atoms in total. The summed E-state index contributed by atoms with van der Waals surface area (Å²) in [6.45, 7) is 13.0. The van der Waals surface area contributed by atoms with Gasteiger partial charge in [-0.2, -0.15) is 0 Å². The molecule has 0 radical (unpaired) electrons. The predicted molar refractivity (Wildman–Crippen MR) is 83.8 cm³/mol. The molecule has 0 aliphatic carbocycles. The lowest BCUT2D eigenvalue weighted by molar-refractivity contribution is 0.130. The molecule has 4 heteroatoms. The molecule has 0 atom stereocenters. The Kier molecular flexibility index (Phi) is 11.8. The quantitative estimate of drug-likeness (QED) is 0.377. The largest absolute Gasteiger partial charge is 0.380 e. The minimum Gasteiger partial charge on any atom is -0.380 e. The molecule has 1 N–H and O–H groups in total. The topological polar surface area (TPSA) is 36.9 Å². The van der Waals surface area contributed by atoms with E-state index in [0.29, 0.717) is 12.5 Å². The fourth-order valence-electron chi connectivity index (χ4n) is 1.61. The number of guanidine groups is 1. The first-order valence-electron chi connectivity index (χ1n) is 7.68. The standard InChI is InChI=1S/C15H33N3O/c1-6-8-11-18(5)15(16-7-2)17-10-13-19-12-9-14(3)4/h14H,6-13H2,1-5H3,(H,16,17). The van der Waals surface area contributed by atoms with Gasteiger partial charge < -0.3 is 15.0 Å². The average molecular weight is 271 g/mol. The van der Waals surface area contributed by atoms with Crippen LogP contribution in [0.3, 0.4) is 0 Å². The van der Waals surface area contributed by atoms with Crippen LogP contribution in [0.1, 0.15) is 47.0 Å². The van der Waals surface area contributed by atoms with E-state index in [1.54, 1.807) is 0 Å². The molecule has 0 rings (SSSR count). The number of hydrogen-bond donors (Lipinski definition) is 1. The van der Waals surface area contributed by atoms with Crippen molar-refractivity contribution >= 4 is 5.96 Å². The summed E-state index contributed by atoms with van der Waals surface area (Å²) in [5.74, 6) is 1.70. The number of nitrogens with zero attached hydrogens (tertiary/aromatic N) is 2. The average Bonchev–Trinajstić information content (AvgIpc) is 2.38. The van der Waals surface area contributed by atoms with Crippen LogP contribution in [0.4, 0.5) is 0 Å². The van der Waals surface area contributed by atoms with Crippen molar-refractivity contribution in [3.8, 4) is 0 Å². The fraction of sp³-hybridized carbons (Fsp3) is 0.933. The van der Waals surface area contributed by atoms with E-state index in [9.17, 15) is 0 Å². The normalized spacial score (nSPS) is 12.0. The first-order valence-corrected chi connectivity index (χ1v) is 7.68. The summed E-state index contributed by atoms with van der Waals surface area (Å²) in [5, 5.41) is 3.32. The molecule has 0 aromatic heterocycles. The summed E-state index contributed by atoms with van der Waals surface area (Å²) in [6, 6.07) is 0. The van der Waals surface area contributed by atoms with E-state index in [0.717, 1.165) is 38.6 Å². The highest BCUT2D eigenvalue weighted by molar-refractivity contribution is 5.79. The SMILES string of the molecule is CCCCN(C)C(=NCCOCCC(C)C)NCC. The third-order valence-electron chi connectivity index (χ3n) is 2.88. The van der Waals surface area contributed by atoms with E-state index in [1.807, 2.05) is 0 Å². The van der Waals surface area contributed by atoms with Crippen LogP contribution >= 0.6 is 0 Å².